The highest BCUT2D eigenvalue weighted by Crippen LogP contribution is 2.30. The summed E-state index contributed by atoms with van der Waals surface area (Å²) in [5.74, 6) is 0.892. The topological polar surface area (TPSA) is 47.0 Å². The van der Waals surface area contributed by atoms with Crippen LogP contribution in [-0.2, 0) is 6.61 Å². The molecule has 2 aromatic carbocycles. The molecule has 0 spiro atoms. The first-order valence-electron chi connectivity index (χ1n) is 9.11. The normalized spacial score (nSPS) is 11.0. The lowest BCUT2D eigenvalue weighted by atomic mass is 10.2. The zero-order valence-electron chi connectivity index (χ0n) is 15.8. The Balaban J connectivity index is 1.46. The summed E-state index contributed by atoms with van der Waals surface area (Å²) in [6, 6.07) is 13.7. The molecule has 0 fully saturated rings. The highest BCUT2D eigenvalue weighted by molar-refractivity contribution is 7.08. The van der Waals surface area contributed by atoms with Crippen LogP contribution >= 0.6 is 22.9 Å². The van der Waals surface area contributed by atoms with Crippen molar-refractivity contribution in [3.05, 3.63) is 99.3 Å². The molecular weight excluding hydrogens is 421 g/mol. The molecule has 1 N–H and O–H groups in total. The van der Waals surface area contributed by atoms with Crippen molar-refractivity contribution in [2.75, 3.05) is 5.32 Å². The van der Waals surface area contributed by atoms with Crippen molar-refractivity contribution in [3.8, 4) is 5.75 Å². The Morgan fingerprint density at radius 1 is 1.13 bits per heavy atom. The third-order valence-corrected chi connectivity index (χ3v) is 5.21. The molecular formula is C23H17ClFN3OS. The van der Waals surface area contributed by atoms with Crippen LogP contribution in [0.2, 0.25) is 5.02 Å². The number of nitrogens with zero attached hydrogens (tertiary/aromatic N) is 2. The molecule has 0 aliphatic heterocycles. The van der Waals surface area contributed by atoms with E-state index in [-0.39, 0.29) is 12.4 Å². The van der Waals surface area contributed by atoms with E-state index in [1.165, 1.54) is 18.5 Å². The van der Waals surface area contributed by atoms with E-state index in [0.29, 0.717) is 16.6 Å². The zero-order valence-corrected chi connectivity index (χ0v) is 17.3. The first kappa shape index (κ1) is 20.1. The lowest BCUT2D eigenvalue weighted by Gasteiger charge is -2.12. The van der Waals surface area contributed by atoms with Crippen LogP contribution in [0.15, 0.2) is 71.8 Å². The van der Waals surface area contributed by atoms with Gasteiger partial charge in [-0.05, 0) is 64.4 Å². The molecule has 150 valence electrons. The van der Waals surface area contributed by atoms with Crippen molar-refractivity contribution in [2.24, 2.45) is 0 Å². The Morgan fingerprint density at radius 3 is 2.87 bits per heavy atom. The van der Waals surface area contributed by atoms with Gasteiger partial charge >= 0.3 is 0 Å². The van der Waals surface area contributed by atoms with E-state index in [0.717, 1.165) is 22.4 Å². The van der Waals surface area contributed by atoms with E-state index < -0.39 is 0 Å². The molecule has 0 atom stereocenters. The maximum atomic E-state index is 13.3. The molecule has 30 heavy (non-hydrogen) atoms. The maximum absolute atomic E-state index is 13.3. The summed E-state index contributed by atoms with van der Waals surface area (Å²) in [5, 5.41) is 7.80. The van der Waals surface area contributed by atoms with Crippen molar-refractivity contribution in [2.45, 2.75) is 6.61 Å². The lowest BCUT2D eigenvalue weighted by Crippen LogP contribution is -1.99. The molecule has 0 unspecified atom stereocenters. The zero-order chi connectivity index (χ0) is 20.8. The molecule has 2 aromatic heterocycles. The van der Waals surface area contributed by atoms with Crippen LogP contribution in [0.1, 0.15) is 16.7 Å². The third-order valence-electron chi connectivity index (χ3n) is 4.22. The van der Waals surface area contributed by atoms with E-state index in [1.807, 2.05) is 29.7 Å². The summed E-state index contributed by atoms with van der Waals surface area (Å²) < 4.78 is 19.0. The van der Waals surface area contributed by atoms with Gasteiger partial charge in [0, 0.05) is 17.4 Å². The van der Waals surface area contributed by atoms with Gasteiger partial charge in [-0.3, -0.25) is 0 Å². The predicted molar refractivity (Wildman–Crippen MR) is 121 cm³/mol. The van der Waals surface area contributed by atoms with Gasteiger partial charge in [-0.15, -0.1) is 0 Å². The largest absolute Gasteiger partial charge is 0.487 e. The van der Waals surface area contributed by atoms with Crippen molar-refractivity contribution in [3.63, 3.8) is 0 Å². The van der Waals surface area contributed by atoms with E-state index >= 15 is 0 Å². The Bertz CT molecular complexity index is 1160. The van der Waals surface area contributed by atoms with Crippen LogP contribution in [0.3, 0.4) is 0 Å². The quantitative estimate of drug-likeness (QED) is 0.344. The molecule has 0 amide bonds. The van der Waals surface area contributed by atoms with E-state index in [1.54, 1.807) is 41.8 Å². The van der Waals surface area contributed by atoms with Crippen LogP contribution < -0.4 is 10.1 Å². The highest BCUT2D eigenvalue weighted by Gasteiger charge is 2.07. The third kappa shape index (κ3) is 5.23. The number of rotatable bonds is 7. The average Bonchev–Trinajstić information content (AvgIpc) is 3.26. The van der Waals surface area contributed by atoms with E-state index in [4.69, 9.17) is 16.3 Å². The molecule has 0 saturated carbocycles. The second-order valence-corrected chi connectivity index (χ2v) is 7.59. The van der Waals surface area contributed by atoms with Crippen molar-refractivity contribution < 1.29 is 9.13 Å². The van der Waals surface area contributed by atoms with Gasteiger partial charge in [-0.1, -0.05) is 29.8 Å². The summed E-state index contributed by atoms with van der Waals surface area (Å²) in [4.78, 5) is 8.43. The smallest absolute Gasteiger partial charge is 0.141 e. The van der Waals surface area contributed by atoms with Gasteiger partial charge in [0.15, 0.2) is 0 Å². The number of ether oxygens (including phenoxy) is 1. The van der Waals surface area contributed by atoms with E-state index in [9.17, 15) is 4.39 Å². The Kier molecular flexibility index (Phi) is 6.37. The standard InChI is InChI=1S/C23H17ClFN3OS/c24-21-11-20(6-7-22(21)29-13-17-2-1-3-19(25)10-17)28-23-18(12-26-15-27-23)5-4-16-8-9-30-14-16/h1-12,14-15H,13H2,(H,26,27,28). The van der Waals surface area contributed by atoms with Gasteiger partial charge in [0.1, 0.15) is 30.3 Å². The first-order valence-corrected chi connectivity index (χ1v) is 10.4. The summed E-state index contributed by atoms with van der Waals surface area (Å²) in [6.07, 6.45) is 7.21. The highest BCUT2D eigenvalue weighted by atomic mass is 35.5. The maximum Gasteiger partial charge on any atom is 0.141 e. The van der Waals surface area contributed by atoms with Gasteiger partial charge in [-0.25, -0.2) is 14.4 Å². The minimum Gasteiger partial charge on any atom is -0.487 e. The molecule has 4 nitrogen and oxygen atoms in total. The molecule has 2 heterocycles. The number of hydrogen-bond donors (Lipinski definition) is 1. The van der Waals surface area contributed by atoms with Crippen LogP contribution in [0, 0.1) is 5.82 Å². The number of anilines is 2. The Labute approximate surface area is 182 Å². The molecule has 4 rings (SSSR count). The first-order chi connectivity index (χ1) is 14.7. The molecule has 0 saturated heterocycles. The van der Waals surface area contributed by atoms with Crippen molar-refractivity contribution in [1.82, 2.24) is 9.97 Å². The van der Waals surface area contributed by atoms with Gasteiger partial charge in [0.05, 0.1) is 5.02 Å². The Morgan fingerprint density at radius 2 is 2.07 bits per heavy atom. The fraction of sp³-hybridized carbons (Fsp3) is 0.0435. The molecule has 0 aliphatic carbocycles. The number of benzene rings is 2. The predicted octanol–water partition coefficient (Wildman–Crippen LogP) is 6.82. The van der Waals surface area contributed by atoms with Crippen LogP contribution in [-0.4, -0.2) is 9.97 Å². The van der Waals surface area contributed by atoms with Crippen LogP contribution in [0.25, 0.3) is 12.2 Å². The van der Waals surface area contributed by atoms with E-state index in [2.05, 4.69) is 20.7 Å². The molecule has 7 heteroatoms. The molecule has 4 aromatic rings. The van der Waals surface area contributed by atoms with Crippen LogP contribution in [0.5, 0.6) is 5.75 Å². The number of nitrogens with one attached hydrogen (secondary N) is 1. The van der Waals surface area contributed by atoms with Crippen molar-refractivity contribution in [1.29, 1.82) is 0 Å². The van der Waals surface area contributed by atoms with Gasteiger partial charge in [0.2, 0.25) is 0 Å². The summed E-state index contributed by atoms with van der Waals surface area (Å²) in [5.41, 5.74) is 3.47. The Hall–Kier alpha value is -3.22. The minimum absolute atomic E-state index is 0.230. The van der Waals surface area contributed by atoms with Gasteiger partial charge in [-0.2, -0.15) is 11.3 Å². The number of hydrogen-bond acceptors (Lipinski definition) is 5. The number of thiophene rings is 1. The van der Waals surface area contributed by atoms with Gasteiger partial charge in [0.25, 0.3) is 0 Å². The summed E-state index contributed by atoms with van der Waals surface area (Å²) in [7, 11) is 0. The monoisotopic (exact) mass is 437 g/mol. The lowest BCUT2D eigenvalue weighted by molar-refractivity contribution is 0.306. The van der Waals surface area contributed by atoms with Crippen molar-refractivity contribution >= 4 is 46.6 Å². The number of aromatic nitrogens is 2. The second kappa shape index (κ2) is 9.52. The number of halogens is 2. The summed E-state index contributed by atoms with van der Waals surface area (Å²) >= 11 is 8.02. The molecule has 0 bridgehead atoms. The molecule has 0 aliphatic rings. The van der Waals surface area contributed by atoms with Gasteiger partial charge < -0.3 is 10.1 Å². The summed E-state index contributed by atoms with van der Waals surface area (Å²) in [6.45, 7) is 0.230. The molecule has 0 radical (unpaired) electrons. The fourth-order valence-electron chi connectivity index (χ4n) is 2.74. The van der Waals surface area contributed by atoms with Crippen LogP contribution in [0.4, 0.5) is 15.9 Å². The fourth-order valence-corrected chi connectivity index (χ4v) is 3.61. The second-order valence-electron chi connectivity index (χ2n) is 6.41. The SMILES string of the molecule is Fc1cccc(COc2ccc(Nc3ncncc3C=Cc3ccsc3)cc2Cl)c1. The minimum atomic E-state index is -0.296. The average molecular weight is 438 g/mol.